The van der Waals surface area contributed by atoms with E-state index in [0.29, 0.717) is 24.3 Å². The van der Waals surface area contributed by atoms with Gasteiger partial charge >= 0.3 is 0 Å². The highest BCUT2D eigenvalue weighted by Crippen LogP contribution is 2.20. The average Bonchev–Trinajstić information content (AvgIpc) is 2.62. The van der Waals surface area contributed by atoms with Crippen molar-refractivity contribution in [3.05, 3.63) is 54.1 Å². The molecule has 0 fully saturated rings. The Morgan fingerprint density at radius 3 is 2.28 bits per heavy atom. The van der Waals surface area contributed by atoms with Crippen LogP contribution in [0.15, 0.2) is 58.3 Å². The summed E-state index contributed by atoms with van der Waals surface area (Å²) in [6, 6.07) is 13.6. The van der Waals surface area contributed by atoms with Crippen molar-refractivity contribution in [1.29, 1.82) is 0 Å². The first-order valence-corrected chi connectivity index (χ1v) is 10.6. The monoisotopic (exact) mass is 378 g/mol. The van der Waals surface area contributed by atoms with Gasteiger partial charge in [0.25, 0.3) is 5.91 Å². The Kier molecular flexibility index (Phi) is 6.64. The van der Waals surface area contributed by atoms with E-state index >= 15 is 0 Å². The maximum atomic E-state index is 12.5. The number of carbonyl (C=O) groups is 1. The zero-order chi connectivity index (χ0) is 18.4. The van der Waals surface area contributed by atoms with Crippen LogP contribution in [0.2, 0.25) is 0 Å². The van der Waals surface area contributed by atoms with Gasteiger partial charge in [0.05, 0.1) is 4.90 Å². The van der Waals surface area contributed by atoms with Crippen molar-refractivity contribution in [1.82, 2.24) is 4.31 Å². The second-order valence-electron chi connectivity index (χ2n) is 5.30. The predicted molar refractivity (Wildman–Crippen MR) is 103 cm³/mol. The number of rotatable bonds is 7. The molecule has 7 heteroatoms. The lowest BCUT2D eigenvalue weighted by Crippen LogP contribution is -2.30. The molecule has 0 aliphatic carbocycles. The number of sulfonamides is 1. The number of hydrogen-bond acceptors (Lipinski definition) is 4. The van der Waals surface area contributed by atoms with Crippen LogP contribution in [0, 0.1) is 0 Å². The van der Waals surface area contributed by atoms with Crippen LogP contribution < -0.4 is 5.32 Å². The van der Waals surface area contributed by atoms with E-state index in [0.717, 1.165) is 4.90 Å². The smallest absolute Gasteiger partial charge is 0.255 e. The molecular weight excluding hydrogens is 356 g/mol. The molecule has 0 bridgehead atoms. The molecule has 0 heterocycles. The first-order valence-electron chi connectivity index (χ1n) is 7.98. The molecule has 0 unspecified atom stereocenters. The topological polar surface area (TPSA) is 66.5 Å². The maximum Gasteiger partial charge on any atom is 0.255 e. The Hall–Kier alpha value is -1.83. The Morgan fingerprint density at radius 2 is 1.72 bits per heavy atom. The lowest BCUT2D eigenvalue weighted by atomic mass is 10.2. The summed E-state index contributed by atoms with van der Waals surface area (Å²) >= 11 is 1.59. The second-order valence-corrected chi connectivity index (χ2v) is 8.12. The minimum atomic E-state index is -3.51. The highest BCUT2D eigenvalue weighted by molar-refractivity contribution is 7.98. The third kappa shape index (κ3) is 4.62. The average molecular weight is 379 g/mol. The fraction of sp³-hybridized carbons (Fsp3) is 0.278. The van der Waals surface area contributed by atoms with E-state index < -0.39 is 10.0 Å². The van der Waals surface area contributed by atoms with Gasteiger partial charge < -0.3 is 5.32 Å². The van der Waals surface area contributed by atoms with Crippen molar-refractivity contribution in [2.24, 2.45) is 0 Å². The number of nitrogens with one attached hydrogen (secondary N) is 1. The van der Waals surface area contributed by atoms with Gasteiger partial charge in [0, 0.05) is 29.2 Å². The van der Waals surface area contributed by atoms with Gasteiger partial charge in [0.2, 0.25) is 10.0 Å². The van der Waals surface area contributed by atoms with Gasteiger partial charge in [-0.15, -0.1) is 11.8 Å². The number of carbonyl (C=O) groups excluding carboxylic acids is 1. The zero-order valence-electron chi connectivity index (χ0n) is 14.5. The van der Waals surface area contributed by atoms with E-state index in [1.807, 2.05) is 30.5 Å². The molecule has 2 rings (SSSR count). The number of amides is 1. The van der Waals surface area contributed by atoms with Crippen LogP contribution in [-0.2, 0) is 10.0 Å². The van der Waals surface area contributed by atoms with E-state index in [1.165, 1.54) is 28.6 Å². The van der Waals surface area contributed by atoms with Gasteiger partial charge in [-0.3, -0.25) is 4.79 Å². The number of hydrogen-bond donors (Lipinski definition) is 1. The Morgan fingerprint density at radius 1 is 1.08 bits per heavy atom. The van der Waals surface area contributed by atoms with Crippen LogP contribution in [0.3, 0.4) is 0 Å². The molecule has 1 amide bonds. The molecule has 5 nitrogen and oxygen atoms in total. The Balaban J connectivity index is 2.17. The number of thioether (sulfide) groups is 1. The van der Waals surface area contributed by atoms with Gasteiger partial charge in [0.1, 0.15) is 0 Å². The number of nitrogens with zero attached hydrogens (tertiary/aromatic N) is 1. The summed E-state index contributed by atoms with van der Waals surface area (Å²) in [6.45, 7) is 4.41. The Labute approximate surface area is 153 Å². The van der Waals surface area contributed by atoms with Crippen molar-refractivity contribution >= 4 is 33.4 Å². The van der Waals surface area contributed by atoms with Crippen molar-refractivity contribution < 1.29 is 13.2 Å². The van der Waals surface area contributed by atoms with E-state index in [-0.39, 0.29) is 10.8 Å². The largest absolute Gasteiger partial charge is 0.322 e. The predicted octanol–water partition coefficient (Wildman–Crippen LogP) is 3.69. The van der Waals surface area contributed by atoms with E-state index in [1.54, 1.807) is 25.6 Å². The second kappa shape index (κ2) is 8.51. The first kappa shape index (κ1) is 19.5. The van der Waals surface area contributed by atoms with Gasteiger partial charge in [0.15, 0.2) is 0 Å². The van der Waals surface area contributed by atoms with Crippen molar-refractivity contribution in [3.63, 3.8) is 0 Å². The Bertz CT molecular complexity index is 830. The summed E-state index contributed by atoms with van der Waals surface area (Å²) in [5.41, 5.74) is 1.12. The molecule has 0 aliphatic heterocycles. The van der Waals surface area contributed by atoms with Crippen LogP contribution in [0.5, 0.6) is 0 Å². The molecule has 0 spiro atoms. The minimum Gasteiger partial charge on any atom is -0.322 e. The summed E-state index contributed by atoms with van der Waals surface area (Å²) in [5, 5.41) is 2.82. The van der Waals surface area contributed by atoms with E-state index in [9.17, 15) is 13.2 Å². The molecular formula is C18H22N2O3S2. The third-order valence-electron chi connectivity index (χ3n) is 3.79. The lowest BCUT2D eigenvalue weighted by molar-refractivity contribution is 0.102. The highest BCUT2D eigenvalue weighted by atomic mass is 32.2. The molecule has 2 aromatic rings. The molecule has 134 valence electrons. The quantitative estimate of drug-likeness (QED) is 0.746. The molecule has 2 aromatic carbocycles. The summed E-state index contributed by atoms with van der Waals surface area (Å²) in [5.74, 6) is -0.273. The van der Waals surface area contributed by atoms with E-state index in [2.05, 4.69) is 5.32 Å². The van der Waals surface area contributed by atoms with Crippen LogP contribution >= 0.6 is 11.8 Å². The molecule has 0 aliphatic rings. The van der Waals surface area contributed by atoms with Crippen LogP contribution in [0.25, 0.3) is 0 Å². The third-order valence-corrected chi connectivity index (χ3v) is 6.58. The number of benzene rings is 2. The van der Waals surface area contributed by atoms with Gasteiger partial charge in [-0.2, -0.15) is 4.31 Å². The van der Waals surface area contributed by atoms with Gasteiger partial charge in [-0.05, 0) is 48.7 Å². The summed E-state index contributed by atoms with van der Waals surface area (Å²) in [4.78, 5) is 13.6. The van der Waals surface area contributed by atoms with Gasteiger partial charge in [-0.1, -0.05) is 19.9 Å². The van der Waals surface area contributed by atoms with Crippen LogP contribution in [0.1, 0.15) is 24.2 Å². The number of anilines is 1. The normalized spacial score (nSPS) is 11.5. The molecule has 25 heavy (non-hydrogen) atoms. The van der Waals surface area contributed by atoms with Crippen LogP contribution in [-0.4, -0.2) is 38.0 Å². The summed E-state index contributed by atoms with van der Waals surface area (Å²) in [7, 11) is -3.51. The molecule has 0 saturated heterocycles. The van der Waals surface area contributed by atoms with Crippen LogP contribution in [0.4, 0.5) is 5.69 Å². The first-order chi connectivity index (χ1) is 11.9. The SMILES string of the molecule is CCN(CC)S(=O)(=O)c1ccc(C(=O)Nc2cccc(SC)c2)cc1. The molecule has 0 aromatic heterocycles. The minimum absolute atomic E-state index is 0.192. The zero-order valence-corrected chi connectivity index (χ0v) is 16.2. The highest BCUT2D eigenvalue weighted by Gasteiger charge is 2.21. The molecule has 1 N–H and O–H groups in total. The standard InChI is InChI=1S/C18H22N2O3S2/c1-4-20(5-2)25(22,23)17-11-9-14(10-12-17)18(21)19-15-7-6-8-16(13-15)24-3/h6-13H,4-5H2,1-3H3,(H,19,21). The molecule has 0 saturated carbocycles. The lowest BCUT2D eigenvalue weighted by Gasteiger charge is -2.18. The summed E-state index contributed by atoms with van der Waals surface area (Å²) < 4.78 is 26.3. The van der Waals surface area contributed by atoms with Crippen molar-refractivity contribution in [2.75, 3.05) is 24.7 Å². The fourth-order valence-electron chi connectivity index (χ4n) is 2.39. The van der Waals surface area contributed by atoms with Crippen molar-refractivity contribution in [2.45, 2.75) is 23.6 Å². The van der Waals surface area contributed by atoms with Crippen molar-refractivity contribution in [3.8, 4) is 0 Å². The van der Waals surface area contributed by atoms with Gasteiger partial charge in [-0.25, -0.2) is 8.42 Å². The fourth-order valence-corrected chi connectivity index (χ4v) is 4.31. The molecule has 0 atom stereocenters. The molecule has 0 radical (unpaired) electrons. The van der Waals surface area contributed by atoms with E-state index in [4.69, 9.17) is 0 Å². The summed E-state index contributed by atoms with van der Waals surface area (Å²) in [6.07, 6.45) is 1.97. The maximum absolute atomic E-state index is 12.5.